The highest BCUT2D eigenvalue weighted by molar-refractivity contribution is 9.10. The Hall–Kier alpha value is -0.900. The van der Waals surface area contributed by atoms with Gasteiger partial charge in [0.05, 0.1) is 0 Å². The minimum absolute atomic E-state index is 0.529. The van der Waals surface area contributed by atoms with Crippen LogP contribution >= 0.6 is 27.5 Å². The number of aromatic nitrogens is 1. The van der Waals surface area contributed by atoms with Gasteiger partial charge in [-0.3, -0.25) is 4.98 Å². The van der Waals surface area contributed by atoms with Crippen molar-refractivity contribution in [3.63, 3.8) is 0 Å². The molecule has 0 aliphatic heterocycles. The Kier molecular flexibility index (Phi) is 4.05. The fourth-order valence-corrected chi connectivity index (χ4v) is 2.49. The van der Waals surface area contributed by atoms with E-state index in [4.69, 9.17) is 17.3 Å². The fourth-order valence-electron chi connectivity index (χ4n) is 1.91. The Morgan fingerprint density at radius 3 is 2.61 bits per heavy atom. The molecule has 2 nitrogen and oxygen atoms in total. The maximum Gasteiger partial charge on any atom is 0.0456 e. The van der Waals surface area contributed by atoms with Crippen LogP contribution in [0.3, 0.4) is 0 Å². The first-order chi connectivity index (χ1) is 8.49. The van der Waals surface area contributed by atoms with Gasteiger partial charge >= 0.3 is 0 Å². The molecule has 0 saturated carbocycles. The van der Waals surface area contributed by atoms with Gasteiger partial charge in [-0.2, -0.15) is 0 Å². The highest BCUT2D eigenvalue weighted by Gasteiger charge is 2.24. The quantitative estimate of drug-likeness (QED) is 0.929. The van der Waals surface area contributed by atoms with Gasteiger partial charge in [0, 0.05) is 33.3 Å². The van der Waals surface area contributed by atoms with Crippen molar-refractivity contribution >= 4 is 27.5 Å². The van der Waals surface area contributed by atoms with Crippen molar-refractivity contribution in [2.45, 2.75) is 18.9 Å². The molecule has 1 aromatic carbocycles. The summed E-state index contributed by atoms with van der Waals surface area (Å²) in [5, 5.41) is 0.694. The van der Waals surface area contributed by atoms with E-state index < -0.39 is 5.54 Å². The molecule has 0 aliphatic carbocycles. The molecule has 2 N–H and O–H groups in total. The first kappa shape index (κ1) is 13.5. The van der Waals surface area contributed by atoms with Gasteiger partial charge in [0.2, 0.25) is 0 Å². The smallest absolute Gasteiger partial charge is 0.0456 e. The lowest BCUT2D eigenvalue weighted by molar-refractivity contribution is 0.485. The predicted molar refractivity (Wildman–Crippen MR) is 78.6 cm³/mol. The first-order valence-corrected chi connectivity index (χ1v) is 6.80. The van der Waals surface area contributed by atoms with Crippen LogP contribution in [0.5, 0.6) is 0 Å². The number of hydrogen-bond donors (Lipinski definition) is 1. The zero-order valence-corrected chi connectivity index (χ0v) is 12.4. The summed E-state index contributed by atoms with van der Waals surface area (Å²) in [5.74, 6) is 0. The van der Waals surface area contributed by atoms with Crippen LogP contribution in [-0.2, 0) is 12.0 Å². The van der Waals surface area contributed by atoms with Crippen LogP contribution in [0.2, 0.25) is 5.02 Å². The molecule has 2 rings (SSSR count). The van der Waals surface area contributed by atoms with E-state index in [-0.39, 0.29) is 0 Å². The molecule has 0 fully saturated rings. The summed E-state index contributed by atoms with van der Waals surface area (Å²) in [5.41, 5.74) is 7.73. The Morgan fingerprint density at radius 1 is 1.28 bits per heavy atom. The Morgan fingerprint density at radius 2 is 2.00 bits per heavy atom. The maximum atomic E-state index is 6.37. The molecule has 0 saturated heterocycles. The fraction of sp³-hybridized carbons (Fsp3) is 0.214. The number of pyridine rings is 1. The summed E-state index contributed by atoms with van der Waals surface area (Å²) < 4.78 is 0.961. The molecule has 0 aliphatic rings. The van der Waals surface area contributed by atoms with Crippen LogP contribution in [0.4, 0.5) is 0 Å². The third-order valence-electron chi connectivity index (χ3n) is 2.83. The van der Waals surface area contributed by atoms with Crippen LogP contribution in [0.25, 0.3) is 0 Å². The Balaban J connectivity index is 2.27. The lowest BCUT2D eigenvalue weighted by Crippen LogP contribution is -2.36. The minimum Gasteiger partial charge on any atom is -0.321 e. The summed E-state index contributed by atoms with van der Waals surface area (Å²) in [6, 6.07) is 11.6. The molecule has 0 amide bonds. The van der Waals surface area contributed by atoms with Gasteiger partial charge < -0.3 is 5.73 Å². The summed E-state index contributed by atoms with van der Waals surface area (Å²) >= 11 is 9.56. The molecule has 94 valence electrons. The molecule has 18 heavy (non-hydrogen) atoms. The molecular weight excluding hydrogens is 312 g/mol. The van der Waals surface area contributed by atoms with E-state index in [0.29, 0.717) is 11.4 Å². The van der Waals surface area contributed by atoms with Crippen LogP contribution < -0.4 is 5.73 Å². The largest absolute Gasteiger partial charge is 0.321 e. The monoisotopic (exact) mass is 324 g/mol. The second-order valence-corrected chi connectivity index (χ2v) is 5.86. The predicted octanol–water partition coefficient (Wildman–Crippen LogP) is 3.91. The number of halogens is 2. The van der Waals surface area contributed by atoms with E-state index in [9.17, 15) is 0 Å². The lowest BCUT2D eigenvalue weighted by Gasteiger charge is -2.26. The van der Waals surface area contributed by atoms with Crippen molar-refractivity contribution in [1.82, 2.24) is 4.98 Å². The third-order valence-corrected chi connectivity index (χ3v) is 3.62. The van der Waals surface area contributed by atoms with Gasteiger partial charge in [-0.05, 0) is 46.6 Å². The van der Waals surface area contributed by atoms with Crippen molar-refractivity contribution in [2.75, 3.05) is 0 Å². The number of benzene rings is 1. The molecule has 0 radical (unpaired) electrons. The highest BCUT2D eigenvalue weighted by Crippen LogP contribution is 2.28. The summed E-state index contributed by atoms with van der Waals surface area (Å²) in [4.78, 5) is 4.35. The van der Waals surface area contributed by atoms with Crippen molar-refractivity contribution in [3.8, 4) is 0 Å². The summed E-state index contributed by atoms with van der Waals surface area (Å²) in [7, 11) is 0. The molecule has 4 heteroatoms. The van der Waals surface area contributed by atoms with Crippen LogP contribution in [0.1, 0.15) is 18.2 Å². The molecule has 1 unspecified atom stereocenters. The topological polar surface area (TPSA) is 38.9 Å². The normalized spacial score (nSPS) is 14.2. The van der Waals surface area contributed by atoms with Crippen molar-refractivity contribution < 1.29 is 0 Å². The Bertz CT molecular complexity index is 538. The van der Waals surface area contributed by atoms with Crippen LogP contribution in [-0.4, -0.2) is 4.98 Å². The van der Waals surface area contributed by atoms with Gasteiger partial charge in [-0.25, -0.2) is 0 Å². The van der Waals surface area contributed by atoms with Gasteiger partial charge in [-0.15, -0.1) is 0 Å². The standard InChI is InChI=1S/C14H14BrClN2/c1-14(17,12-4-2-3-5-13(12)16)8-11-7-6-10(15)9-18-11/h2-7,9H,8,17H2,1H3. The van der Waals surface area contributed by atoms with E-state index in [2.05, 4.69) is 20.9 Å². The number of hydrogen-bond acceptors (Lipinski definition) is 2. The highest BCUT2D eigenvalue weighted by atomic mass is 79.9. The second kappa shape index (κ2) is 5.39. The average molecular weight is 326 g/mol. The molecule has 1 atom stereocenters. The lowest BCUT2D eigenvalue weighted by atomic mass is 9.88. The van der Waals surface area contributed by atoms with E-state index in [1.807, 2.05) is 43.3 Å². The summed E-state index contributed by atoms with van der Waals surface area (Å²) in [6.07, 6.45) is 2.42. The zero-order valence-electron chi connectivity index (χ0n) is 10.0. The molecule has 1 heterocycles. The van der Waals surface area contributed by atoms with E-state index in [0.717, 1.165) is 15.7 Å². The molecule has 0 bridgehead atoms. The second-order valence-electron chi connectivity index (χ2n) is 4.54. The van der Waals surface area contributed by atoms with Crippen molar-refractivity contribution in [2.24, 2.45) is 5.73 Å². The van der Waals surface area contributed by atoms with Gasteiger partial charge in [0.25, 0.3) is 0 Å². The third kappa shape index (κ3) is 3.10. The van der Waals surface area contributed by atoms with Crippen LogP contribution in [0.15, 0.2) is 47.1 Å². The Labute approximate surface area is 120 Å². The average Bonchev–Trinajstić information content (AvgIpc) is 2.32. The first-order valence-electron chi connectivity index (χ1n) is 5.63. The van der Waals surface area contributed by atoms with E-state index in [1.54, 1.807) is 6.20 Å². The van der Waals surface area contributed by atoms with Crippen molar-refractivity contribution in [3.05, 3.63) is 63.3 Å². The van der Waals surface area contributed by atoms with Gasteiger partial charge in [0.1, 0.15) is 0 Å². The van der Waals surface area contributed by atoms with Gasteiger partial charge in [-0.1, -0.05) is 29.8 Å². The van der Waals surface area contributed by atoms with Gasteiger partial charge in [0.15, 0.2) is 0 Å². The molecule has 2 aromatic rings. The molecule has 1 aromatic heterocycles. The summed E-state index contributed by atoms with van der Waals surface area (Å²) in [6.45, 7) is 1.97. The number of rotatable bonds is 3. The minimum atomic E-state index is -0.529. The SMILES string of the molecule is CC(N)(Cc1ccc(Br)cn1)c1ccccc1Cl. The number of nitrogens with zero attached hydrogens (tertiary/aromatic N) is 1. The molecule has 0 spiro atoms. The maximum absolute atomic E-state index is 6.37. The molecular formula is C14H14BrClN2. The van der Waals surface area contributed by atoms with E-state index >= 15 is 0 Å². The number of nitrogens with two attached hydrogens (primary N) is 1. The van der Waals surface area contributed by atoms with Crippen LogP contribution in [0, 0.1) is 0 Å². The van der Waals surface area contributed by atoms with E-state index in [1.165, 1.54) is 0 Å². The zero-order chi connectivity index (χ0) is 13.2. The van der Waals surface area contributed by atoms with Crippen molar-refractivity contribution in [1.29, 1.82) is 0 Å².